The quantitative estimate of drug-likeness (QED) is 0.252. The standard InChI is InChI=1S/C34H33F2N5O3/c1-34(2,39-33(43)44)16-19-10-24-7-8-25(11-19)41(24)32(42)21-6-9-26(27(12-21)20-4-5-22(17-37)29(35)14-20)28-13-23-18-38-40(3)31(23)15-30(28)36/h4-6,9,12-15,18-19,24-25,39H,7-8,10-11,16H2,1-3H3,(H,43,44). The van der Waals surface area contributed by atoms with Crippen molar-refractivity contribution in [2.24, 2.45) is 13.0 Å². The van der Waals surface area contributed by atoms with Crippen molar-refractivity contribution in [1.82, 2.24) is 20.0 Å². The summed E-state index contributed by atoms with van der Waals surface area (Å²) in [6.45, 7) is 3.76. The summed E-state index contributed by atoms with van der Waals surface area (Å²) in [5.41, 5.74) is 2.05. The molecule has 6 rings (SSSR count). The van der Waals surface area contributed by atoms with Gasteiger partial charge < -0.3 is 15.3 Å². The summed E-state index contributed by atoms with van der Waals surface area (Å²) < 4.78 is 32.0. The predicted molar refractivity (Wildman–Crippen MR) is 162 cm³/mol. The van der Waals surface area contributed by atoms with Gasteiger partial charge in [-0.1, -0.05) is 12.1 Å². The summed E-state index contributed by atoms with van der Waals surface area (Å²) in [6, 6.07) is 14.3. The average molecular weight is 598 g/mol. The highest BCUT2D eigenvalue weighted by atomic mass is 19.1. The van der Waals surface area contributed by atoms with Gasteiger partial charge in [0.05, 0.1) is 17.3 Å². The molecule has 0 aliphatic carbocycles. The van der Waals surface area contributed by atoms with Gasteiger partial charge in [-0.2, -0.15) is 10.4 Å². The molecule has 3 heterocycles. The molecule has 1 aromatic heterocycles. The van der Waals surface area contributed by atoms with Crippen molar-refractivity contribution < 1.29 is 23.5 Å². The first-order valence-electron chi connectivity index (χ1n) is 14.7. The lowest BCUT2D eigenvalue weighted by Gasteiger charge is -2.41. The molecule has 44 heavy (non-hydrogen) atoms. The van der Waals surface area contributed by atoms with E-state index in [1.807, 2.05) is 24.8 Å². The minimum atomic E-state index is -1.05. The lowest BCUT2D eigenvalue weighted by atomic mass is 9.81. The Kier molecular flexibility index (Phi) is 7.36. The molecular formula is C34H33F2N5O3. The third-order valence-corrected chi connectivity index (χ3v) is 9.10. The molecule has 2 fully saturated rings. The van der Waals surface area contributed by atoms with Crippen LogP contribution >= 0.6 is 0 Å². The van der Waals surface area contributed by atoms with Crippen LogP contribution in [0.25, 0.3) is 33.2 Å². The topological polar surface area (TPSA) is 111 Å². The average Bonchev–Trinajstić information content (AvgIpc) is 3.46. The number of aryl methyl sites for hydroxylation is 1. The Morgan fingerprint density at radius 1 is 1.02 bits per heavy atom. The number of carbonyl (C=O) groups is 2. The zero-order valence-electron chi connectivity index (χ0n) is 24.8. The molecule has 2 N–H and O–H groups in total. The minimum Gasteiger partial charge on any atom is -0.465 e. The van der Waals surface area contributed by atoms with Crippen LogP contribution in [0.4, 0.5) is 13.6 Å². The van der Waals surface area contributed by atoms with Crippen molar-refractivity contribution in [2.45, 2.75) is 63.6 Å². The van der Waals surface area contributed by atoms with Crippen LogP contribution in [0.2, 0.25) is 0 Å². The second kappa shape index (κ2) is 11.1. The zero-order valence-corrected chi connectivity index (χ0v) is 24.8. The first-order valence-corrected chi connectivity index (χ1v) is 14.7. The number of aromatic nitrogens is 2. The number of fused-ring (bicyclic) bond motifs is 3. The minimum absolute atomic E-state index is 0.0350. The van der Waals surface area contributed by atoms with E-state index < -0.39 is 23.3 Å². The first kappa shape index (κ1) is 29.3. The molecule has 0 saturated carbocycles. The Balaban J connectivity index is 1.36. The Bertz CT molecular complexity index is 1830. The van der Waals surface area contributed by atoms with E-state index in [-0.39, 0.29) is 29.5 Å². The maximum atomic E-state index is 15.6. The van der Waals surface area contributed by atoms with Crippen molar-refractivity contribution in [3.8, 4) is 28.3 Å². The molecule has 2 unspecified atom stereocenters. The summed E-state index contributed by atoms with van der Waals surface area (Å²) >= 11 is 0. The van der Waals surface area contributed by atoms with Crippen LogP contribution in [0, 0.1) is 28.9 Å². The summed E-state index contributed by atoms with van der Waals surface area (Å²) in [5.74, 6) is -1.03. The molecule has 2 aliphatic heterocycles. The second-order valence-electron chi connectivity index (χ2n) is 12.7. The van der Waals surface area contributed by atoms with Gasteiger partial charge in [0.25, 0.3) is 5.91 Å². The number of hydrogen-bond donors (Lipinski definition) is 2. The summed E-state index contributed by atoms with van der Waals surface area (Å²) in [5, 5.41) is 26.0. The van der Waals surface area contributed by atoms with Crippen molar-refractivity contribution in [2.75, 3.05) is 0 Å². The summed E-state index contributed by atoms with van der Waals surface area (Å²) in [4.78, 5) is 27.3. The van der Waals surface area contributed by atoms with E-state index in [1.165, 1.54) is 18.2 Å². The van der Waals surface area contributed by atoms with Gasteiger partial charge in [0.2, 0.25) is 0 Å². The molecule has 0 spiro atoms. The van der Waals surface area contributed by atoms with E-state index in [9.17, 15) is 24.3 Å². The Morgan fingerprint density at radius 3 is 2.41 bits per heavy atom. The fraction of sp³-hybridized carbons (Fsp3) is 0.353. The molecule has 2 saturated heterocycles. The van der Waals surface area contributed by atoms with Crippen molar-refractivity contribution in [3.63, 3.8) is 0 Å². The maximum Gasteiger partial charge on any atom is 0.405 e. The zero-order chi connectivity index (χ0) is 31.3. The molecule has 2 aliphatic rings. The third-order valence-electron chi connectivity index (χ3n) is 9.10. The Labute approximate surface area is 253 Å². The third kappa shape index (κ3) is 5.39. The highest BCUT2D eigenvalue weighted by Gasteiger charge is 2.44. The van der Waals surface area contributed by atoms with Crippen LogP contribution in [0.5, 0.6) is 0 Å². The van der Waals surface area contributed by atoms with E-state index in [1.54, 1.807) is 48.3 Å². The molecule has 3 aromatic carbocycles. The van der Waals surface area contributed by atoms with Crippen LogP contribution in [0.3, 0.4) is 0 Å². The number of halogens is 2. The van der Waals surface area contributed by atoms with Crippen LogP contribution in [0.1, 0.15) is 61.9 Å². The smallest absolute Gasteiger partial charge is 0.405 e. The highest BCUT2D eigenvalue weighted by Crippen LogP contribution is 2.43. The molecule has 2 atom stereocenters. The number of piperidine rings is 1. The molecular weight excluding hydrogens is 564 g/mol. The van der Waals surface area contributed by atoms with Crippen molar-refractivity contribution in [1.29, 1.82) is 5.26 Å². The molecule has 0 radical (unpaired) electrons. The van der Waals surface area contributed by atoms with Gasteiger partial charge in [0.15, 0.2) is 0 Å². The molecule has 2 bridgehead atoms. The monoisotopic (exact) mass is 597 g/mol. The highest BCUT2D eigenvalue weighted by molar-refractivity contribution is 5.99. The lowest BCUT2D eigenvalue weighted by Crippen LogP contribution is -2.49. The van der Waals surface area contributed by atoms with Crippen LogP contribution in [-0.2, 0) is 7.05 Å². The molecule has 8 nitrogen and oxygen atoms in total. The Hall–Kier alpha value is -4.78. The van der Waals surface area contributed by atoms with E-state index in [0.29, 0.717) is 39.8 Å². The Morgan fingerprint density at radius 2 is 1.75 bits per heavy atom. The number of nitriles is 1. The van der Waals surface area contributed by atoms with Gasteiger partial charge in [-0.3, -0.25) is 9.48 Å². The summed E-state index contributed by atoms with van der Waals surface area (Å²) in [6.07, 6.45) is 4.61. The van der Waals surface area contributed by atoms with Crippen LogP contribution in [-0.4, -0.2) is 49.4 Å². The molecule has 4 aromatic rings. The van der Waals surface area contributed by atoms with Crippen LogP contribution < -0.4 is 5.32 Å². The first-order chi connectivity index (χ1) is 20.9. The number of hydrogen-bond acceptors (Lipinski definition) is 4. The number of benzene rings is 3. The SMILES string of the molecule is Cn1ncc2cc(-c3ccc(C(=O)N4C5CCC4CC(CC(C)(C)NC(=O)O)C5)cc3-c3ccc(C#N)c(F)c3)c(F)cc21. The largest absolute Gasteiger partial charge is 0.465 e. The number of carbonyl (C=O) groups excluding carboxylic acids is 1. The molecule has 2 amide bonds. The van der Waals surface area contributed by atoms with Crippen LogP contribution in [0.15, 0.2) is 54.7 Å². The van der Waals surface area contributed by atoms with E-state index in [4.69, 9.17) is 0 Å². The van der Waals surface area contributed by atoms with E-state index >= 15 is 4.39 Å². The number of nitrogens with one attached hydrogen (secondary N) is 1. The number of rotatable bonds is 6. The number of carboxylic acid groups (broad SMARTS) is 1. The molecule has 226 valence electrons. The maximum absolute atomic E-state index is 15.6. The van der Waals surface area contributed by atoms with E-state index in [2.05, 4.69) is 10.4 Å². The van der Waals surface area contributed by atoms with E-state index in [0.717, 1.165) is 31.1 Å². The summed E-state index contributed by atoms with van der Waals surface area (Å²) in [7, 11) is 1.73. The fourth-order valence-corrected chi connectivity index (χ4v) is 7.30. The van der Waals surface area contributed by atoms with Gasteiger partial charge in [-0.15, -0.1) is 0 Å². The normalized spacial score (nSPS) is 19.6. The van der Waals surface area contributed by atoms with Crippen molar-refractivity contribution in [3.05, 3.63) is 77.5 Å². The fourth-order valence-electron chi connectivity index (χ4n) is 7.30. The number of nitrogens with zero attached hydrogens (tertiary/aromatic N) is 4. The van der Waals surface area contributed by atoms with Gasteiger partial charge in [-0.25, -0.2) is 13.6 Å². The second-order valence-corrected chi connectivity index (χ2v) is 12.7. The predicted octanol–water partition coefficient (Wildman–Crippen LogP) is 6.88. The van der Waals surface area contributed by atoms with Gasteiger partial charge in [-0.05, 0) is 98.9 Å². The van der Waals surface area contributed by atoms with Crippen molar-refractivity contribution >= 4 is 22.9 Å². The van der Waals surface area contributed by atoms with Gasteiger partial charge in [0.1, 0.15) is 17.7 Å². The molecule has 10 heteroatoms. The number of amides is 2. The lowest BCUT2D eigenvalue weighted by molar-refractivity contribution is 0.0494. The van der Waals surface area contributed by atoms with Gasteiger partial charge in [0, 0.05) is 47.2 Å². The van der Waals surface area contributed by atoms with Gasteiger partial charge >= 0.3 is 6.09 Å².